The fraction of sp³-hybridized carbons (Fsp3) is 0.867. The summed E-state index contributed by atoms with van der Waals surface area (Å²) in [5, 5.41) is 54.6. The van der Waals surface area contributed by atoms with Crippen molar-refractivity contribution < 1.29 is 49.3 Å². The van der Waals surface area contributed by atoms with Gasteiger partial charge in [-0.2, -0.15) is 0 Å². The van der Waals surface area contributed by atoms with Crippen LogP contribution in [0.4, 0.5) is 0 Å². The molecule has 11 nitrogen and oxygen atoms in total. The van der Waals surface area contributed by atoms with Crippen LogP contribution in [0.2, 0.25) is 0 Å². The van der Waals surface area contributed by atoms with Crippen molar-refractivity contribution in [3.63, 3.8) is 0 Å². The summed E-state index contributed by atoms with van der Waals surface area (Å²) in [6, 6.07) is -0.809. The Morgan fingerprint density at radius 3 is 1.22 bits per heavy atom. The zero-order valence-electron chi connectivity index (χ0n) is 56.0. The standard InChI is InChI=1S/C75H139NO10/c1-3-5-7-9-11-13-15-16-38-42-45-49-53-57-61-68(78)67(66-85-75-74(83)73(82)72(81)69(65-77)86-75)76-70(79)62-58-54-50-46-43-39-36-34-32-30-28-26-24-22-20-18-17-19-21-23-25-27-29-31-33-35-37-40-44-48-52-56-60-64-84-71(80)63-59-55-51-47-41-14-12-10-8-6-4-2/h10,12,21,23,27,29,57,61,67-69,72-75,77-78,81-83H,3-9,11,13-20,22,24-26,28,30-56,58-60,62-66H2,1-2H3,(H,76,79)/b12-10-,23-21-,29-27-,61-57+. The summed E-state index contributed by atoms with van der Waals surface area (Å²) in [7, 11) is 0. The molecule has 1 amide bonds. The highest BCUT2D eigenvalue weighted by atomic mass is 16.7. The van der Waals surface area contributed by atoms with E-state index in [0.717, 1.165) is 64.2 Å². The predicted octanol–water partition coefficient (Wildman–Crippen LogP) is 19.1. The van der Waals surface area contributed by atoms with Crippen LogP contribution in [0.3, 0.4) is 0 Å². The molecule has 0 aromatic rings. The van der Waals surface area contributed by atoms with E-state index < -0.39 is 49.5 Å². The molecule has 7 unspecified atom stereocenters. The van der Waals surface area contributed by atoms with Gasteiger partial charge in [-0.25, -0.2) is 0 Å². The number of aliphatic hydroxyl groups is 5. The van der Waals surface area contributed by atoms with E-state index >= 15 is 0 Å². The quantitative estimate of drug-likeness (QED) is 0.0195. The Balaban J connectivity index is 1.97. The molecule has 1 heterocycles. The minimum atomic E-state index is -1.57. The highest BCUT2D eigenvalue weighted by molar-refractivity contribution is 5.76. The number of hydrogen-bond acceptors (Lipinski definition) is 10. The average Bonchev–Trinajstić information content (AvgIpc) is 2.19. The first-order chi connectivity index (χ1) is 42.2. The van der Waals surface area contributed by atoms with E-state index in [9.17, 15) is 35.1 Å². The molecular weight excluding hydrogens is 1070 g/mol. The second-order valence-electron chi connectivity index (χ2n) is 25.6. The monoisotopic (exact) mass is 1210 g/mol. The van der Waals surface area contributed by atoms with Crippen molar-refractivity contribution in [1.82, 2.24) is 5.32 Å². The molecular formula is C75H139NO10. The second-order valence-corrected chi connectivity index (χ2v) is 25.6. The summed E-state index contributed by atoms with van der Waals surface area (Å²) in [6.07, 6.45) is 73.9. The number of esters is 1. The number of carbonyl (C=O) groups excluding carboxylic acids is 2. The summed E-state index contributed by atoms with van der Waals surface area (Å²) >= 11 is 0. The Kier molecular flexibility index (Phi) is 60.9. The molecule has 0 aromatic carbocycles. The first kappa shape index (κ1) is 81.6. The molecule has 0 aliphatic carbocycles. The summed E-state index contributed by atoms with van der Waals surface area (Å²) in [4.78, 5) is 25.1. The van der Waals surface area contributed by atoms with Gasteiger partial charge in [0, 0.05) is 12.8 Å². The van der Waals surface area contributed by atoms with Crippen molar-refractivity contribution in [2.45, 2.75) is 397 Å². The minimum absolute atomic E-state index is 0.00417. The van der Waals surface area contributed by atoms with Crippen molar-refractivity contribution >= 4 is 11.9 Å². The number of allylic oxidation sites excluding steroid dienone is 7. The van der Waals surface area contributed by atoms with Crippen molar-refractivity contribution in [3.05, 3.63) is 48.6 Å². The fourth-order valence-corrected chi connectivity index (χ4v) is 11.6. The summed E-state index contributed by atoms with van der Waals surface area (Å²) in [6.45, 7) is 4.34. The number of rotatable bonds is 65. The van der Waals surface area contributed by atoms with Gasteiger partial charge in [0.25, 0.3) is 0 Å². The Labute approximate surface area is 529 Å². The third kappa shape index (κ3) is 52.4. The zero-order valence-corrected chi connectivity index (χ0v) is 56.0. The van der Waals surface area contributed by atoms with E-state index in [4.69, 9.17) is 14.2 Å². The lowest BCUT2D eigenvalue weighted by atomic mass is 9.99. The van der Waals surface area contributed by atoms with Gasteiger partial charge in [-0.05, 0) is 83.5 Å². The molecule has 1 fully saturated rings. The van der Waals surface area contributed by atoms with Crippen molar-refractivity contribution in [2.75, 3.05) is 19.8 Å². The van der Waals surface area contributed by atoms with E-state index in [-0.39, 0.29) is 18.5 Å². The lowest BCUT2D eigenvalue weighted by Gasteiger charge is -2.40. The fourth-order valence-electron chi connectivity index (χ4n) is 11.6. The lowest BCUT2D eigenvalue weighted by molar-refractivity contribution is -0.302. The van der Waals surface area contributed by atoms with E-state index in [2.05, 4.69) is 55.6 Å². The Morgan fingerprint density at radius 2 is 0.791 bits per heavy atom. The molecule has 0 spiro atoms. The summed E-state index contributed by atoms with van der Waals surface area (Å²) in [5.74, 6) is -0.182. The van der Waals surface area contributed by atoms with Crippen LogP contribution >= 0.6 is 0 Å². The Morgan fingerprint density at radius 1 is 0.430 bits per heavy atom. The maximum absolute atomic E-state index is 13.1. The molecule has 0 bridgehead atoms. The van der Waals surface area contributed by atoms with Gasteiger partial charge in [-0.15, -0.1) is 0 Å². The molecule has 1 rings (SSSR count). The minimum Gasteiger partial charge on any atom is -0.466 e. The maximum Gasteiger partial charge on any atom is 0.305 e. The van der Waals surface area contributed by atoms with Gasteiger partial charge >= 0.3 is 5.97 Å². The lowest BCUT2D eigenvalue weighted by Crippen LogP contribution is -2.60. The molecule has 1 saturated heterocycles. The van der Waals surface area contributed by atoms with Crippen LogP contribution in [0.15, 0.2) is 48.6 Å². The van der Waals surface area contributed by atoms with Crippen LogP contribution in [0.25, 0.3) is 0 Å². The zero-order chi connectivity index (χ0) is 62.3. The van der Waals surface area contributed by atoms with Crippen LogP contribution in [-0.2, 0) is 23.8 Å². The second kappa shape index (κ2) is 64.2. The van der Waals surface area contributed by atoms with E-state index in [1.807, 2.05) is 6.08 Å². The van der Waals surface area contributed by atoms with Gasteiger partial charge in [0.2, 0.25) is 5.91 Å². The number of unbranched alkanes of at least 4 members (excludes halogenated alkanes) is 45. The van der Waals surface area contributed by atoms with Crippen LogP contribution in [0, 0.1) is 0 Å². The predicted molar refractivity (Wildman–Crippen MR) is 361 cm³/mol. The van der Waals surface area contributed by atoms with Crippen molar-refractivity contribution in [3.8, 4) is 0 Å². The molecule has 0 aromatic heterocycles. The largest absolute Gasteiger partial charge is 0.466 e. The smallest absolute Gasteiger partial charge is 0.305 e. The van der Waals surface area contributed by atoms with Crippen LogP contribution in [-0.4, -0.2) is 100 Å². The van der Waals surface area contributed by atoms with Gasteiger partial charge in [-0.1, -0.05) is 306 Å². The molecule has 1 aliphatic heterocycles. The Hall–Kier alpha value is -2.38. The summed E-state index contributed by atoms with van der Waals surface area (Å²) in [5.41, 5.74) is 0. The highest BCUT2D eigenvalue weighted by Gasteiger charge is 2.44. The van der Waals surface area contributed by atoms with Crippen LogP contribution in [0.1, 0.15) is 354 Å². The number of nitrogens with one attached hydrogen (secondary N) is 1. The van der Waals surface area contributed by atoms with E-state index in [1.165, 1.54) is 263 Å². The SMILES string of the molecule is CCCC/C=C\CCCCCCCC(=O)OCCCCCCCCCCC/C=C\C/C=C\CCCCCCCCCCCCCCCCCCCC(=O)NC(COC1OC(CO)C(O)C(O)C1O)C(O)/C=C/CCCCCCCCCCCCCC. The van der Waals surface area contributed by atoms with Crippen LogP contribution in [0.5, 0.6) is 0 Å². The Bertz CT molecular complexity index is 1570. The van der Waals surface area contributed by atoms with E-state index in [1.54, 1.807) is 6.08 Å². The molecule has 7 atom stereocenters. The molecule has 86 heavy (non-hydrogen) atoms. The molecule has 0 saturated carbocycles. The number of aliphatic hydroxyl groups excluding tert-OH is 5. The molecule has 11 heteroatoms. The number of hydrogen-bond donors (Lipinski definition) is 6. The highest BCUT2D eigenvalue weighted by Crippen LogP contribution is 2.23. The van der Waals surface area contributed by atoms with Crippen molar-refractivity contribution in [1.29, 1.82) is 0 Å². The number of amides is 1. The molecule has 504 valence electrons. The van der Waals surface area contributed by atoms with Gasteiger partial charge in [0.1, 0.15) is 24.4 Å². The molecule has 1 aliphatic rings. The van der Waals surface area contributed by atoms with Gasteiger partial charge in [0.05, 0.1) is 32.0 Å². The number of carbonyl (C=O) groups is 2. The van der Waals surface area contributed by atoms with Gasteiger partial charge in [-0.3, -0.25) is 9.59 Å². The normalized spacial score (nSPS) is 18.2. The maximum atomic E-state index is 13.1. The van der Waals surface area contributed by atoms with E-state index in [0.29, 0.717) is 19.4 Å². The van der Waals surface area contributed by atoms with Crippen molar-refractivity contribution in [2.24, 2.45) is 0 Å². The topological polar surface area (TPSA) is 175 Å². The summed E-state index contributed by atoms with van der Waals surface area (Å²) < 4.78 is 16.7. The average molecular weight is 1210 g/mol. The first-order valence-corrected chi connectivity index (χ1v) is 36.9. The van der Waals surface area contributed by atoms with Gasteiger partial charge in [0.15, 0.2) is 6.29 Å². The number of ether oxygens (including phenoxy) is 3. The molecule has 6 N–H and O–H groups in total. The molecule has 0 radical (unpaired) electrons. The van der Waals surface area contributed by atoms with Crippen LogP contribution < -0.4 is 5.32 Å². The third-order valence-corrected chi connectivity index (χ3v) is 17.4. The third-order valence-electron chi connectivity index (χ3n) is 17.4. The first-order valence-electron chi connectivity index (χ1n) is 36.9. The van der Waals surface area contributed by atoms with Gasteiger partial charge < -0.3 is 45.1 Å².